The predicted octanol–water partition coefficient (Wildman–Crippen LogP) is 2.79. The van der Waals surface area contributed by atoms with Gasteiger partial charge in [0.25, 0.3) is 0 Å². The Kier molecular flexibility index (Phi) is 4.43. The van der Waals surface area contributed by atoms with Crippen LogP contribution in [0.2, 0.25) is 0 Å². The van der Waals surface area contributed by atoms with E-state index < -0.39 is 5.60 Å². The highest BCUT2D eigenvalue weighted by Crippen LogP contribution is 2.26. The van der Waals surface area contributed by atoms with E-state index in [4.69, 9.17) is 9.47 Å². The third-order valence-corrected chi connectivity index (χ3v) is 2.81. The highest BCUT2D eigenvalue weighted by Gasteiger charge is 2.35. The first-order chi connectivity index (χ1) is 7.85. The molecule has 1 amide bonds. The van der Waals surface area contributed by atoms with Crippen molar-refractivity contribution in [3.63, 3.8) is 0 Å². The van der Waals surface area contributed by atoms with E-state index in [2.05, 4.69) is 6.92 Å². The summed E-state index contributed by atoms with van der Waals surface area (Å²) in [6.07, 6.45) is 4.30. The summed E-state index contributed by atoms with van der Waals surface area (Å²) in [6, 6.07) is 0.0739. The van der Waals surface area contributed by atoms with Crippen molar-refractivity contribution < 1.29 is 14.3 Å². The average Bonchev–Trinajstić information content (AvgIpc) is 2.54. The monoisotopic (exact) mass is 241 g/mol. The highest BCUT2D eigenvalue weighted by molar-refractivity contribution is 5.69. The summed E-state index contributed by atoms with van der Waals surface area (Å²) in [5.41, 5.74) is -0.446. The molecule has 0 aromatic heterocycles. The second-order valence-corrected chi connectivity index (χ2v) is 5.49. The number of rotatable bonds is 2. The van der Waals surface area contributed by atoms with Crippen LogP contribution < -0.4 is 0 Å². The van der Waals surface area contributed by atoms with Crippen molar-refractivity contribution in [2.24, 2.45) is 5.92 Å². The molecular weight excluding hydrogens is 218 g/mol. The van der Waals surface area contributed by atoms with Crippen LogP contribution in [0.5, 0.6) is 0 Å². The maximum Gasteiger partial charge on any atom is 0.410 e. The van der Waals surface area contributed by atoms with Gasteiger partial charge < -0.3 is 14.4 Å². The number of hydrogen-bond donors (Lipinski definition) is 0. The zero-order valence-electron chi connectivity index (χ0n) is 11.4. The second kappa shape index (κ2) is 5.43. The summed E-state index contributed by atoms with van der Waals surface area (Å²) in [5, 5.41) is 0. The van der Waals surface area contributed by atoms with E-state index in [9.17, 15) is 4.79 Å². The van der Waals surface area contributed by atoms with E-state index in [1.54, 1.807) is 18.3 Å². The molecule has 0 bridgehead atoms. The van der Waals surface area contributed by atoms with Crippen molar-refractivity contribution >= 4 is 6.09 Å². The van der Waals surface area contributed by atoms with Gasteiger partial charge in [0.05, 0.1) is 19.4 Å². The Hall–Kier alpha value is -1.19. The van der Waals surface area contributed by atoms with Gasteiger partial charge in [0.2, 0.25) is 0 Å². The summed E-state index contributed by atoms with van der Waals surface area (Å²) >= 11 is 0. The molecule has 2 atom stereocenters. The van der Waals surface area contributed by atoms with Gasteiger partial charge in [-0.05, 0) is 39.2 Å². The molecule has 0 N–H and O–H groups in total. The molecule has 0 aromatic carbocycles. The topological polar surface area (TPSA) is 38.8 Å². The van der Waals surface area contributed by atoms with Crippen molar-refractivity contribution in [1.29, 1.82) is 0 Å². The maximum absolute atomic E-state index is 12.0. The molecule has 4 nitrogen and oxygen atoms in total. The Balaban J connectivity index is 2.68. The van der Waals surface area contributed by atoms with Crippen LogP contribution in [0.1, 0.15) is 34.1 Å². The summed E-state index contributed by atoms with van der Waals surface area (Å²) in [4.78, 5) is 13.8. The smallest absolute Gasteiger partial charge is 0.410 e. The molecule has 0 aliphatic carbocycles. The lowest BCUT2D eigenvalue weighted by molar-refractivity contribution is 0.0243. The molecule has 0 aromatic rings. The number of methoxy groups -OCH3 is 1. The largest absolute Gasteiger partial charge is 0.505 e. The van der Waals surface area contributed by atoms with Crippen molar-refractivity contribution in [2.45, 2.75) is 45.8 Å². The molecule has 1 rings (SSSR count). The van der Waals surface area contributed by atoms with E-state index >= 15 is 0 Å². The van der Waals surface area contributed by atoms with Gasteiger partial charge in [-0.3, -0.25) is 0 Å². The fourth-order valence-electron chi connectivity index (χ4n) is 1.96. The maximum atomic E-state index is 12.0. The number of hydrogen-bond acceptors (Lipinski definition) is 3. The van der Waals surface area contributed by atoms with Crippen LogP contribution >= 0.6 is 0 Å². The van der Waals surface area contributed by atoms with E-state index in [0.29, 0.717) is 5.92 Å². The van der Waals surface area contributed by atoms with Gasteiger partial charge in [-0.2, -0.15) is 0 Å². The van der Waals surface area contributed by atoms with Gasteiger partial charge in [-0.1, -0.05) is 6.92 Å². The molecule has 1 aliphatic rings. The number of likely N-dealkylation sites (tertiary alicyclic amines) is 1. The SMILES string of the molecule is CO/C=C\[C@@H]1[C@@H](C)CCN1C(=O)OC(C)(C)C. The minimum Gasteiger partial charge on any atom is -0.505 e. The number of ether oxygens (including phenoxy) is 2. The summed E-state index contributed by atoms with van der Waals surface area (Å²) in [5.74, 6) is 0.439. The van der Waals surface area contributed by atoms with Crippen molar-refractivity contribution in [3.05, 3.63) is 12.3 Å². The van der Waals surface area contributed by atoms with Crippen LogP contribution in [0.15, 0.2) is 12.3 Å². The van der Waals surface area contributed by atoms with Crippen molar-refractivity contribution in [3.8, 4) is 0 Å². The van der Waals surface area contributed by atoms with Crippen LogP contribution in [0.25, 0.3) is 0 Å². The van der Waals surface area contributed by atoms with Gasteiger partial charge in [0.1, 0.15) is 5.60 Å². The molecule has 1 saturated heterocycles. The summed E-state index contributed by atoms with van der Waals surface area (Å²) in [6.45, 7) is 8.52. The Morgan fingerprint density at radius 3 is 2.59 bits per heavy atom. The molecule has 98 valence electrons. The molecular formula is C13H23NO3. The Morgan fingerprint density at radius 1 is 1.41 bits per heavy atom. The zero-order chi connectivity index (χ0) is 13.1. The van der Waals surface area contributed by atoms with Crippen LogP contribution in [0, 0.1) is 5.92 Å². The number of amides is 1. The standard InChI is InChI=1S/C13H23NO3/c1-10-6-8-14(11(10)7-9-16-5)12(15)17-13(2,3)4/h7,9-11H,6,8H2,1-5H3/b9-7-/t10-,11+/m0/s1. The van der Waals surface area contributed by atoms with Crippen LogP contribution in [0.4, 0.5) is 4.79 Å². The first-order valence-corrected chi connectivity index (χ1v) is 6.04. The second-order valence-electron chi connectivity index (χ2n) is 5.49. The first-order valence-electron chi connectivity index (χ1n) is 6.04. The normalized spacial score (nSPS) is 25.4. The summed E-state index contributed by atoms with van der Waals surface area (Å²) in [7, 11) is 1.61. The summed E-state index contributed by atoms with van der Waals surface area (Å²) < 4.78 is 10.3. The molecule has 0 radical (unpaired) electrons. The molecule has 4 heteroatoms. The van der Waals surface area contributed by atoms with Gasteiger partial charge in [-0.15, -0.1) is 0 Å². The molecule has 0 spiro atoms. The Labute approximate surface area is 104 Å². The minimum atomic E-state index is -0.446. The number of nitrogens with zero attached hydrogens (tertiary/aromatic N) is 1. The van der Waals surface area contributed by atoms with E-state index in [1.807, 2.05) is 26.8 Å². The molecule has 1 aliphatic heterocycles. The van der Waals surface area contributed by atoms with E-state index in [0.717, 1.165) is 13.0 Å². The molecule has 1 heterocycles. The van der Waals surface area contributed by atoms with Gasteiger partial charge in [-0.25, -0.2) is 4.79 Å². The van der Waals surface area contributed by atoms with Crippen molar-refractivity contribution in [2.75, 3.05) is 13.7 Å². The van der Waals surface area contributed by atoms with Gasteiger partial charge in [0.15, 0.2) is 0 Å². The van der Waals surface area contributed by atoms with Crippen LogP contribution in [-0.2, 0) is 9.47 Å². The molecule has 0 saturated carbocycles. The minimum absolute atomic E-state index is 0.0739. The molecule has 17 heavy (non-hydrogen) atoms. The van der Waals surface area contributed by atoms with Crippen LogP contribution in [-0.4, -0.2) is 36.3 Å². The third-order valence-electron chi connectivity index (χ3n) is 2.81. The molecule has 1 fully saturated rings. The highest BCUT2D eigenvalue weighted by atomic mass is 16.6. The quantitative estimate of drug-likeness (QED) is 0.698. The van der Waals surface area contributed by atoms with Gasteiger partial charge >= 0.3 is 6.09 Å². The van der Waals surface area contributed by atoms with E-state index in [-0.39, 0.29) is 12.1 Å². The van der Waals surface area contributed by atoms with Gasteiger partial charge in [0, 0.05) is 6.54 Å². The lowest BCUT2D eigenvalue weighted by Gasteiger charge is -2.28. The zero-order valence-corrected chi connectivity index (χ0v) is 11.4. The molecule has 0 unspecified atom stereocenters. The Morgan fingerprint density at radius 2 is 2.06 bits per heavy atom. The fraction of sp³-hybridized carbons (Fsp3) is 0.769. The lowest BCUT2D eigenvalue weighted by atomic mass is 10.0. The third kappa shape index (κ3) is 3.95. The first kappa shape index (κ1) is 13.9. The van der Waals surface area contributed by atoms with E-state index in [1.165, 1.54) is 0 Å². The Bertz CT molecular complexity index is 294. The van der Waals surface area contributed by atoms with Crippen LogP contribution in [0.3, 0.4) is 0 Å². The number of carbonyl (C=O) groups is 1. The lowest BCUT2D eigenvalue weighted by Crippen LogP contribution is -2.40. The predicted molar refractivity (Wildman–Crippen MR) is 66.7 cm³/mol. The average molecular weight is 241 g/mol. The fourth-order valence-corrected chi connectivity index (χ4v) is 1.96. The van der Waals surface area contributed by atoms with Crippen molar-refractivity contribution in [1.82, 2.24) is 4.90 Å². The number of carbonyl (C=O) groups excluding carboxylic acids is 1.